The molecule has 1 aromatic carbocycles. The van der Waals surface area contributed by atoms with Crippen LogP contribution in [0.15, 0.2) is 41.3 Å². The molecule has 2 nitrogen and oxygen atoms in total. The van der Waals surface area contributed by atoms with Crippen LogP contribution < -0.4 is 5.56 Å². The zero-order valence-electron chi connectivity index (χ0n) is 9.28. The van der Waals surface area contributed by atoms with Gasteiger partial charge in [-0.05, 0) is 24.6 Å². The molecule has 17 heavy (non-hydrogen) atoms. The monoisotopic (exact) mass is 251 g/mol. The highest BCUT2D eigenvalue weighted by Crippen LogP contribution is 2.15. The molecule has 0 saturated heterocycles. The number of halogens is 2. The Morgan fingerprint density at radius 3 is 2.76 bits per heavy atom. The normalized spacial score (nSPS) is 10.5. The van der Waals surface area contributed by atoms with Crippen molar-refractivity contribution < 1.29 is 4.39 Å². The summed E-state index contributed by atoms with van der Waals surface area (Å²) in [5.74, 6) is -0.397. The van der Waals surface area contributed by atoms with Gasteiger partial charge in [0.1, 0.15) is 5.82 Å². The molecule has 88 valence electrons. The highest BCUT2D eigenvalue weighted by molar-refractivity contribution is 6.30. The van der Waals surface area contributed by atoms with Crippen LogP contribution in [0.2, 0.25) is 5.02 Å². The van der Waals surface area contributed by atoms with Crippen LogP contribution in [-0.2, 0) is 6.54 Å². The summed E-state index contributed by atoms with van der Waals surface area (Å²) in [6, 6.07) is 7.66. The Hall–Kier alpha value is -1.61. The van der Waals surface area contributed by atoms with Gasteiger partial charge in [0.2, 0.25) is 0 Å². The highest BCUT2D eigenvalue weighted by atomic mass is 35.5. The van der Waals surface area contributed by atoms with Crippen molar-refractivity contribution in [2.24, 2.45) is 0 Å². The number of rotatable bonds is 2. The summed E-state index contributed by atoms with van der Waals surface area (Å²) in [5, 5.41) is 0.350. The second kappa shape index (κ2) is 4.72. The van der Waals surface area contributed by atoms with Crippen molar-refractivity contribution in [3.8, 4) is 0 Å². The molecule has 0 fully saturated rings. The molecule has 0 bridgehead atoms. The standard InChI is InChI=1S/C13H11ClFNO/c1-9-2-5-13(17)16(7-9)8-10-3-4-11(14)6-12(10)15/h2-7H,8H2,1H3. The number of benzene rings is 1. The lowest BCUT2D eigenvalue weighted by atomic mass is 10.2. The lowest BCUT2D eigenvalue weighted by molar-refractivity contribution is 0.596. The van der Waals surface area contributed by atoms with Crippen molar-refractivity contribution in [2.75, 3.05) is 0 Å². The maximum Gasteiger partial charge on any atom is 0.250 e. The zero-order chi connectivity index (χ0) is 12.4. The molecular weight excluding hydrogens is 241 g/mol. The molecule has 1 heterocycles. The molecule has 0 spiro atoms. The first-order valence-electron chi connectivity index (χ1n) is 5.17. The molecule has 4 heteroatoms. The summed E-state index contributed by atoms with van der Waals surface area (Å²) in [6.07, 6.45) is 1.70. The zero-order valence-corrected chi connectivity index (χ0v) is 10.0. The first-order chi connectivity index (χ1) is 8.06. The summed E-state index contributed by atoms with van der Waals surface area (Å²) in [5.41, 5.74) is 1.26. The van der Waals surface area contributed by atoms with Crippen molar-refractivity contribution in [1.29, 1.82) is 0 Å². The van der Waals surface area contributed by atoms with E-state index in [0.29, 0.717) is 10.6 Å². The van der Waals surface area contributed by atoms with E-state index in [2.05, 4.69) is 0 Å². The first kappa shape index (κ1) is 11.9. The van der Waals surface area contributed by atoms with E-state index in [1.165, 1.54) is 16.7 Å². The van der Waals surface area contributed by atoms with Gasteiger partial charge in [0.15, 0.2) is 0 Å². The summed E-state index contributed by atoms with van der Waals surface area (Å²) in [6.45, 7) is 2.09. The van der Waals surface area contributed by atoms with Gasteiger partial charge in [0.25, 0.3) is 5.56 Å². The number of hydrogen-bond acceptors (Lipinski definition) is 1. The fourth-order valence-electron chi connectivity index (χ4n) is 1.61. The molecule has 0 N–H and O–H groups in total. The van der Waals surface area contributed by atoms with Crippen LogP contribution in [-0.4, -0.2) is 4.57 Å². The quantitative estimate of drug-likeness (QED) is 0.804. The number of hydrogen-bond donors (Lipinski definition) is 0. The van der Waals surface area contributed by atoms with E-state index in [9.17, 15) is 9.18 Å². The third-order valence-corrected chi connectivity index (χ3v) is 2.72. The topological polar surface area (TPSA) is 22.0 Å². The number of pyridine rings is 1. The van der Waals surface area contributed by atoms with Crippen molar-refractivity contribution in [2.45, 2.75) is 13.5 Å². The molecule has 0 aliphatic carbocycles. The van der Waals surface area contributed by atoms with Gasteiger partial charge in [0.05, 0.1) is 6.54 Å². The summed E-state index contributed by atoms with van der Waals surface area (Å²) < 4.78 is 15.0. The van der Waals surface area contributed by atoms with Gasteiger partial charge in [-0.25, -0.2) is 4.39 Å². The van der Waals surface area contributed by atoms with Crippen LogP contribution in [0, 0.1) is 12.7 Å². The fourth-order valence-corrected chi connectivity index (χ4v) is 1.77. The van der Waals surface area contributed by atoms with Gasteiger partial charge in [-0.2, -0.15) is 0 Å². The van der Waals surface area contributed by atoms with Crippen LogP contribution in [0.3, 0.4) is 0 Å². The minimum Gasteiger partial charge on any atom is -0.311 e. The predicted octanol–water partition coefficient (Wildman–Crippen LogP) is 3.00. The van der Waals surface area contributed by atoms with Gasteiger partial charge in [-0.3, -0.25) is 4.79 Å². The molecule has 1 aromatic heterocycles. The average molecular weight is 252 g/mol. The Labute approximate surface area is 103 Å². The van der Waals surface area contributed by atoms with Gasteiger partial charge in [-0.15, -0.1) is 0 Å². The van der Waals surface area contributed by atoms with Crippen LogP contribution in [0.5, 0.6) is 0 Å². The van der Waals surface area contributed by atoms with Crippen LogP contribution >= 0.6 is 11.6 Å². The van der Waals surface area contributed by atoms with Crippen molar-refractivity contribution in [3.63, 3.8) is 0 Å². The number of aryl methyl sites for hydroxylation is 1. The lowest BCUT2D eigenvalue weighted by Crippen LogP contribution is -2.19. The second-order valence-electron chi connectivity index (χ2n) is 3.91. The van der Waals surface area contributed by atoms with E-state index >= 15 is 0 Å². The summed E-state index contributed by atoms with van der Waals surface area (Å²) >= 11 is 5.67. The SMILES string of the molecule is Cc1ccc(=O)n(Cc2ccc(Cl)cc2F)c1. The molecule has 2 aromatic rings. The molecule has 0 saturated carbocycles. The van der Waals surface area contributed by atoms with Crippen LogP contribution in [0.1, 0.15) is 11.1 Å². The summed E-state index contributed by atoms with van der Waals surface area (Å²) in [4.78, 5) is 11.6. The molecule has 0 amide bonds. The molecule has 0 unspecified atom stereocenters. The molecule has 0 aliphatic rings. The second-order valence-corrected chi connectivity index (χ2v) is 4.34. The van der Waals surface area contributed by atoms with E-state index in [0.717, 1.165) is 5.56 Å². The fraction of sp³-hybridized carbons (Fsp3) is 0.154. The predicted molar refractivity (Wildman–Crippen MR) is 66.0 cm³/mol. The maximum absolute atomic E-state index is 13.6. The van der Waals surface area contributed by atoms with E-state index in [-0.39, 0.29) is 12.1 Å². The highest BCUT2D eigenvalue weighted by Gasteiger charge is 2.05. The largest absolute Gasteiger partial charge is 0.311 e. The Kier molecular flexibility index (Phi) is 3.29. The van der Waals surface area contributed by atoms with Crippen LogP contribution in [0.4, 0.5) is 4.39 Å². The van der Waals surface area contributed by atoms with Gasteiger partial charge in [0, 0.05) is 22.8 Å². The molecule has 2 rings (SSSR count). The van der Waals surface area contributed by atoms with Crippen molar-refractivity contribution >= 4 is 11.6 Å². The minimum absolute atomic E-state index is 0.148. The van der Waals surface area contributed by atoms with E-state index in [4.69, 9.17) is 11.6 Å². The molecular formula is C13H11ClFNO. The van der Waals surface area contributed by atoms with Crippen LogP contribution in [0.25, 0.3) is 0 Å². The minimum atomic E-state index is -0.397. The molecule has 0 atom stereocenters. The average Bonchev–Trinajstić information content (AvgIpc) is 2.27. The van der Waals surface area contributed by atoms with Crippen molar-refractivity contribution in [3.05, 3.63) is 68.8 Å². The maximum atomic E-state index is 13.6. The van der Waals surface area contributed by atoms with Crippen molar-refractivity contribution in [1.82, 2.24) is 4.57 Å². The Morgan fingerprint density at radius 2 is 2.06 bits per heavy atom. The van der Waals surface area contributed by atoms with Gasteiger partial charge < -0.3 is 4.57 Å². The van der Waals surface area contributed by atoms with Gasteiger partial charge >= 0.3 is 0 Å². The molecule has 0 radical (unpaired) electrons. The smallest absolute Gasteiger partial charge is 0.250 e. The Bertz CT molecular complexity index is 607. The van der Waals surface area contributed by atoms with E-state index in [1.807, 2.05) is 6.92 Å². The Morgan fingerprint density at radius 1 is 1.29 bits per heavy atom. The molecule has 0 aliphatic heterocycles. The first-order valence-corrected chi connectivity index (χ1v) is 5.55. The number of nitrogens with zero attached hydrogens (tertiary/aromatic N) is 1. The van der Waals surface area contributed by atoms with Gasteiger partial charge in [-0.1, -0.05) is 23.7 Å². The van der Waals surface area contributed by atoms with E-state index in [1.54, 1.807) is 24.4 Å². The Balaban J connectivity index is 2.38. The van der Waals surface area contributed by atoms with E-state index < -0.39 is 5.82 Å². The summed E-state index contributed by atoms with van der Waals surface area (Å²) in [7, 11) is 0. The lowest BCUT2D eigenvalue weighted by Gasteiger charge is -2.07. The third kappa shape index (κ3) is 2.74. The number of aromatic nitrogens is 1. The third-order valence-electron chi connectivity index (χ3n) is 2.49.